The van der Waals surface area contributed by atoms with Gasteiger partial charge in [0.05, 0.1) is 23.6 Å². The highest BCUT2D eigenvalue weighted by Gasteiger charge is 2.33. The Kier molecular flexibility index (Phi) is 5.87. The molecular formula is C18H22N2O7S. The van der Waals surface area contributed by atoms with Gasteiger partial charge in [-0.1, -0.05) is 12.1 Å². The van der Waals surface area contributed by atoms with E-state index in [1.165, 1.54) is 16.8 Å². The van der Waals surface area contributed by atoms with E-state index in [0.29, 0.717) is 17.9 Å². The van der Waals surface area contributed by atoms with Crippen molar-refractivity contribution in [3.05, 3.63) is 24.3 Å². The van der Waals surface area contributed by atoms with E-state index in [0.717, 1.165) is 0 Å². The fourth-order valence-corrected chi connectivity index (χ4v) is 4.98. The highest BCUT2D eigenvalue weighted by Crippen LogP contribution is 2.31. The first-order valence-corrected chi connectivity index (χ1v) is 10.7. The first-order valence-electron chi connectivity index (χ1n) is 8.91. The topological polar surface area (TPSA) is 110 Å². The number of amides is 2. The number of carbonyl (C=O) groups excluding carboxylic acids is 3. The average molecular weight is 410 g/mol. The maximum absolute atomic E-state index is 12.1. The Balaban J connectivity index is 1.47. The molecule has 3 rings (SSSR count). The van der Waals surface area contributed by atoms with E-state index in [1.54, 1.807) is 24.3 Å². The van der Waals surface area contributed by atoms with Crippen LogP contribution in [0.2, 0.25) is 0 Å². The third kappa shape index (κ3) is 4.61. The van der Waals surface area contributed by atoms with Gasteiger partial charge in [0.25, 0.3) is 11.8 Å². The Hall–Kier alpha value is -2.62. The number of carbonyl (C=O) groups is 3. The summed E-state index contributed by atoms with van der Waals surface area (Å²) in [6.45, 7) is -0.442. The zero-order valence-electron chi connectivity index (χ0n) is 15.5. The molecule has 1 aromatic rings. The van der Waals surface area contributed by atoms with Crippen molar-refractivity contribution >= 4 is 33.3 Å². The van der Waals surface area contributed by atoms with E-state index in [-0.39, 0.29) is 37.0 Å². The standard InChI is InChI=1S/C18H22N2O7S/c1-19(13-7-9-28(24,25)12-13)16(21)10-27-18(23)6-8-20-14-4-2-3-5-15(14)26-11-17(20)22/h2-5,13H,6-12H2,1H3/t13-/m1/s1. The second-order valence-corrected chi connectivity index (χ2v) is 9.00. The fraction of sp³-hybridized carbons (Fsp3) is 0.500. The van der Waals surface area contributed by atoms with Gasteiger partial charge in [-0.25, -0.2) is 8.42 Å². The number of hydrogen-bond acceptors (Lipinski definition) is 7. The molecule has 1 atom stereocenters. The van der Waals surface area contributed by atoms with Crippen molar-refractivity contribution < 1.29 is 32.3 Å². The second kappa shape index (κ2) is 8.17. The maximum atomic E-state index is 12.1. The summed E-state index contributed by atoms with van der Waals surface area (Å²) >= 11 is 0. The summed E-state index contributed by atoms with van der Waals surface area (Å²) in [5.41, 5.74) is 0.588. The van der Waals surface area contributed by atoms with Crippen molar-refractivity contribution in [2.24, 2.45) is 0 Å². The number of likely N-dealkylation sites (N-methyl/N-ethyl adjacent to an activating group) is 1. The van der Waals surface area contributed by atoms with Gasteiger partial charge in [-0.2, -0.15) is 0 Å². The summed E-state index contributed by atoms with van der Waals surface area (Å²) in [7, 11) is -1.60. The third-order valence-electron chi connectivity index (χ3n) is 4.85. The molecule has 1 aromatic carbocycles. The van der Waals surface area contributed by atoms with E-state index in [2.05, 4.69) is 0 Å². The molecule has 28 heavy (non-hydrogen) atoms. The van der Waals surface area contributed by atoms with E-state index in [1.807, 2.05) is 0 Å². The SMILES string of the molecule is CN(C(=O)COC(=O)CCN1C(=O)COc2ccccc21)[C@@H]1CCS(=O)(=O)C1. The van der Waals surface area contributed by atoms with Gasteiger partial charge >= 0.3 is 5.97 Å². The van der Waals surface area contributed by atoms with Gasteiger partial charge in [-0.15, -0.1) is 0 Å². The summed E-state index contributed by atoms with van der Waals surface area (Å²) in [6, 6.07) is 6.64. The number of esters is 1. The highest BCUT2D eigenvalue weighted by atomic mass is 32.2. The molecule has 9 nitrogen and oxygen atoms in total. The summed E-state index contributed by atoms with van der Waals surface area (Å²) < 4.78 is 33.4. The average Bonchev–Trinajstić information content (AvgIpc) is 3.04. The fourth-order valence-electron chi connectivity index (χ4n) is 3.20. The van der Waals surface area contributed by atoms with Crippen LogP contribution in [0.3, 0.4) is 0 Å². The first kappa shape index (κ1) is 20.1. The van der Waals surface area contributed by atoms with Crippen LogP contribution in [0.4, 0.5) is 5.69 Å². The lowest BCUT2D eigenvalue weighted by Gasteiger charge is -2.29. The van der Waals surface area contributed by atoms with Crippen LogP contribution in [-0.4, -0.2) is 75.5 Å². The smallest absolute Gasteiger partial charge is 0.308 e. The molecule has 10 heteroatoms. The number of fused-ring (bicyclic) bond motifs is 1. The van der Waals surface area contributed by atoms with Crippen molar-refractivity contribution in [3.63, 3.8) is 0 Å². The lowest BCUT2D eigenvalue weighted by molar-refractivity contribution is -0.152. The van der Waals surface area contributed by atoms with Crippen LogP contribution in [0.15, 0.2) is 24.3 Å². The third-order valence-corrected chi connectivity index (χ3v) is 6.60. The molecule has 1 fully saturated rings. The van der Waals surface area contributed by atoms with Gasteiger partial charge in [0, 0.05) is 19.6 Å². The minimum atomic E-state index is -3.11. The van der Waals surface area contributed by atoms with E-state index < -0.39 is 34.4 Å². The second-order valence-electron chi connectivity index (χ2n) is 6.77. The molecule has 2 aliphatic heterocycles. The largest absolute Gasteiger partial charge is 0.482 e. The molecule has 2 heterocycles. The molecular weight excluding hydrogens is 388 g/mol. The molecule has 1 saturated heterocycles. The van der Waals surface area contributed by atoms with Crippen LogP contribution in [-0.2, 0) is 29.0 Å². The zero-order chi connectivity index (χ0) is 20.3. The number of hydrogen-bond donors (Lipinski definition) is 0. The molecule has 0 radical (unpaired) electrons. The van der Waals surface area contributed by atoms with Crippen LogP contribution in [0, 0.1) is 0 Å². The quantitative estimate of drug-likeness (QED) is 0.607. The number of sulfone groups is 1. The molecule has 0 aromatic heterocycles. The predicted octanol–water partition coefficient (Wildman–Crippen LogP) is -0.00920. The van der Waals surface area contributed by atoms with Crippen molar-refractivity contribution in [1.29, 1.82) is 0 Å². The molecule has 2 amide bonds. The number of para-hydroxylation sites is 2. The lowest BCUT2D eigenvalue weighted by Crippen LogP contribution is -2.41. The van der Waals surface area contributed by atoms with Crippen molar-refractivity contribution in [1.82, 2.24) is 4.90 Å². The molecule has 0 N–H and O–H groups in total. The monoisotopic (exact) mass is 410 g/mol. The van der Waals surface area contributed by atoms with Crippen LogP contribution < -0.4 is 9.64 Å². The minimum absolute atomic E-state index is 0.0596. The number of ether oxygens (including phenoxy) is 2. The van der Waals surface area contributed by atoms with E-state index in [9.17, 15) is 22.8 Å². The number of benzene rings is 1. The Morgan fingerprint density at radius 1 is 1.32 bits per heavy atom. The normalized spacial score (nSPS) is 20.2. The summed E-state index contributed by atoms with van der Waals surface area (Å²) in [5.74, 6) is -0.768. The van der Waals surface area contributed by atoms with Gasteiger partial charge in [0.15, 0.2) is 23.1 Å². The van der Waals surface area contributed by atoms with Gasteiger partial charge < -0.3 is 19.3 Å². The summed E-state index contributed by atoms with van der Waals surface area (Å²) in [4.78, 5) is 39.0. The highest BCUT2D eigenvalue weighted by molar-refractivity contribution is 7.91. The molecule has 152 valence electrons. The maximum Gasteiger partial charge on any atom is 0.308 e. The van der Waals surface area contributed by atoms with Gasteiger partial charge in [-0.05, 0) is 18.6 Å². The lowest BCUT2D eigenvalue weighted by atomic mass is 10.2. The van der Waals surface area contributed by atoms with Gasteiger partial charge in [-0.3, -0.25) is 14.4 Å². The van der Waals surface area contributed by atoms with Crippen LogP contribution in [0.1, 0.15) is 12.8 Å². The number of anilines is 1. The Labute approximate surface area is 163 Å². The number of rotatable bonds is 6. The Bertz CT molecular complexity index is 884. The Morgan fingerprint density at radius 2 is 2.07 bits per heavy atom. The zero-order valence-corrected chi connectivity index (χ0v) is 16.3. The predicted molar refractivity (Wildman–Crippen MR) is 99.7 cm³/mol. The number of nitrogens with zero attached hydrogens (tertiary/aromatic N) is 2. The van der Waals surface area contributed by atoms with E-state index >= 15 is 0 Å². The Morgan fingerprint density at radius 3 is 2.79 bits per heavy atom. The van der Waals surface area contributed by atoms with Crippen LogP contribution in [0.5, 0.6) is 5.75 Å². The molecule has 0 spiro atoms. The summed E-state index contributed by atoms with van der Waals surface area (Å²) in [6.07, 6.45) is 0.311. The van der Waals surface area contributed by atoms with E-state index in [4.69, 9.17) is 9.47 Å². The van der Waals surface area contributed by atoms with Crippen LogP contribution in [0.25, 0.3) is 0 Å². The molecule has 0 bridgehead atoms. The molecule has 0 aliphatic carbocycles. The van der Waals surface area contributed by atoms with Crippen LogP contribution >= 0.6 is 0 Å². The summed E-state index contributed by atoms with van der Waals surface area (Å²) in [5, 5.41) is 0. The van der Waals surface area contributed by atoms with Gasteiger partial charge in [0.1, 0.15) is 5.75 Å². The van der Waals surface area contributed by atoms with Crippen molar-refractivity contribution in [2.45, 2.75) is 18.9 Å². The van der Waals surface area contributed by atoms with Crippen molar-refractivity contribution in [3.8, 4) is 5.75 Å². The van der Waals surface area contributed by atoms with Crippen molar-refractivity contribution in [2.75, 3.05) is 43.2 Å². The molecule has 0 saturated carbocycles. The van der Waals surface area contributed by atoms with Gasteiger partial charge in [0.2, 0.25) is 0 Å². The minimum Gasteiger partial charge on any atom is -0.482 e. The molecule has 2 aliphatic rings. The molecule has 0 unspecified atom stereocenters. The first-order chi connectivity index (χ1) is 13.3.